The molecule has 2 aliphatic heterocycles. The largest absolute Gasteiger partial charge is 0.463 e. The number of aliphatic imine (C=N–C) groups is 1. The van der Waals surface area contributed by atoms with Crippen molar-refractivity contribution in [3.05, 3.63) is 46.1 Å². The van der Waals surface area contributed by atoms with Crippen LogP contribution in [0, 0.1) is 0 Å². The van der Waals surface area contributed by atoms with Gasteiger partial charge in [0.1, 0.15) is 0 Å². The van der Waals surface area contributed by atoms with Crippen molar-refractivity contribution in [2.75, 3.05) is 6.61 Å². The minimum atomic E-state index is -0.543. The Balaban J connectivity index is 2.14. The molecule has 24 heavy (non-hydrogen) atoms. The van der Waals surface area contributed by atoms with Crippen molar-refractivity contribution in [3.63, 3.8) is 0 Å². The summed E-state index contributed by atoms with van der Waals surface area (Å²) in [7, 11) is 0. The number of fused-ring (bicyclic) bond motifs is 1. The van der Waals surface area contributed by atoms with Crippen LogP contribution in [0.25, 0.3) is 0 Å². The molecule has 5 nitrogen and oxygen atoms in total. The molecule has 2 atom stereocenters. The second-order valence-electron chi connectivity index (χ2n) is 5.54. The smallest absolute Gasteiger partial charge is 0.338 e. The van der Waals surface area contributed by atoms with Gasteiger partial charge in [0.05, 0.1) is 29.2 Å². The molecule has 2 heterocycles. The van der Waals surface area contributed by atoms with E-state index in [1.807, 2.05) is 19.1 Å². The maximum Gasteiger partial charge on any atom is 0.338 e. The number of nitrogens with zero attached hydrogens (tertiary/aromatic N) is 2. The summed E-state index contributed by atoms with van der Waals surface area (Å²) in [5, 5.41) is 0.989. The van der Waals surface area contributed by atoms with E-state index < -0.39 is 12.0 Å². The molecule has 1 aromatic carbocycles. The maximum atomic E-state index is 12.6. The first kappa shape index (κ1) is 17.0. The molecule has 1 fully saturated rings. The van der Waals surface area contributed by atoms with Gasteiger partial charge < -0.3 is 4.74 Å². The number of hydrogen-bond acceptors (Lipinski definition) is 5. The number of amides is 1. The third-order valence-electron chi connectivity index (χ3n) is 3.94. The van der Waals surface area contributed by atoms with Gasteiger partial charge in [-0.05, 0) is 38.5 Å². The topological polar surface area (TPSA) is 59.0 Å². The van der Waals surface area contributed by atoms with Crippen molar-refractivity contribution in [2.24, 2.45) is 4.99 Å². The van der Waals surface area contributed by atoms with E-state index in [9.17, 15) is 9.59 Å². The lowest BCUT2D eigenvalue weighted by Gasteiger charge is -2.33. The van der Waals surface area contributed by atoms with Crippen molar-refractivity contribution >= 4 is 40.4 Å². The van der Waals surface area contributed by atoms with Gasteiger partial charge in [-0.15, -0.1) is 0 Å². The fourth-order valence-electron chi connectivity index (χ4n) is 2.83. The summed E-state index contributed by atoms with van der Waals surface area (Å²) in [5.41, 5.74) is 1.78. The molecule has 3 rings (SSSR count). The predicted octanol–water partition coefficient (Wildman–Crippen LogP) is 3.55. The van der Waals surface area contributed by atoms with Crippen LogP contribution in [0.3, 0.4) is 0 Å². The van der Waals surface area contributed by atoms with Crippen LogP contribution in [0.15, 0.2) is 40.5 Å². The molecular weight excluding hydrogens is 348 g/mol. The van der Waals surface area contributed by atoms with Gasteiger partial charge in [-0.1, -0.05) is 35.5 Å². The molecule has 0 aliphatic carbocycles. The molecule has 1 amide bonds. The zero-order valence-corrected chi connectivity index (χ0v) is 15.1. The Hall–Kier alpha value is -1.79. The van der Waals surface area contributed by atoms with Crippen LogP contribution < -0.4 is 0 Å². The molecule has 0 aromatic heterocycles. The Morgan fingerprint density at radius 3 is 2.67 bits per heavy atom. The average Bonchev–Trinajstić information content (AvgIpc) is 2.81. The van der Waals surface area contributed by atoms with E-state index >= 15 is 0 Å². The molecule has 1 saturated heterocycles. The number of hydrogen-bond donors (Lipinski definition) is 0. The van der Waals surface area contributed by atoms with Crippen LogP contribution in [0.4, 0.5) is 0 Å². The van der Waals surface area contributed by atoms with Crippen LogP contribution in [-0.2, 0) is 14.3 Å². The first-order valence-corrected chi connectivity index (χ1v) is 8.91. The maximum absolute atomic E-state index is 12.6. The normalized spacial score (nSPS) is 23.2. The number of rotatable bonds is 3. The lowest BCUT2D eigenvalue weighted by atomic mass is 9.94. The lowest BCUT2D eigenvalue weighted by Crippen LogP contribution is -2.40. The monoisotopic (exact) mass is 364 g/mol. The summed E-state index contributed by atoms with van der Waals surface area (Å²) in [6, 6.07) is 6.60. The highest BCUT2D eigenvalue weighted by molar-refractivity contribution is 8.15. The standard InChI is InChI=1S/C17H17ClN2O3S/c1-4-23-16(22)13-9(2)19-17-20(15(21)10(3)24-17)14(13)11-5-7-12(18)8-6-11/h5-8,10,14H,4H2,1-3H3. The first-order valence-electron chi connectivity index (χ1n) is 7.65. The molecule has 0 saturated carbocycles. The van der Waals surface area contributed by atoms with E-state index in [1.54, 1.807) is 30.9 Å². The molecule has 0 N–H and O–H groups in total. The highest BCUT2D eigenvalue weighted by Crippen LogP contribution is 2.43. The highest BCUT2D eigenvalue weighted by atomic mass is 35.5. The first-order chi connectivity index (χ1) is 11.4. The molecule has 0 spiro atoms. The lowest BCUT2D eigenvalue weighted by molar-refractivity contribution is -0.139. The Morgan fingerprint density at radius 1 is 1.38 bits per heavy atom. The number of ether oxygens (including phenoxy) is 1. The number of carbonyl (C=O) groups is 2. The molecule has 0 radical (unpaired) electrons. The van der Waals surface area contributed by atoms with Crippen molar-refractivity contribution in [1.29, 1.82) is 0 Å². The zero-order chi connectivity index (χ0) is 17.4. The van der Waals surface area contributed by atoms with Crippen molar-refractivity contribution in [1.82, 2.24) is 4.90 Å². The van der Waals surface area contributed by atoms with Gasteiger partial charge in [0, 0.05) is 5.02 Å². The number of benzene rings is 1. The zero-order valence-electron chi connectivity index (χ0n) is 13.6. The number of allylic oxidation sites excluding steroid dienone is 1. The molecule has 7 heteroatoms. The van der Waals surface area contributed by atoms with Crippen molar-refractivity contribution < 1.29 is 14.3 Å². The average molecular weight is 365 g/mol. The molecule has 2 aliphatic rings. The van der Waals surface area contributed by atoms with Crippen LogP contribution in [0.5, 0.6) is 0 Å². The minimum Gasteiger partial charge on any atom is -0.463 e. The Labute approximate surface area is 149 Å². The van der Waals surface area contributed by atoms with Crippen LogP contribution >= 0.6 is 23.4 Å². The van der Waals surface area contributed by atoms with Crippen LogP contribution in [-0.4, -0.2) is 33.8 Å². The van der Waals surface area contributed by atoms with E-state index in [1.165, 1.54) is 11.8 Å². The second kappa shape index (κ2) is 6.61. The number of thioether (sulfide) groups is 1. The van der Waals surface area contributed by atoms with E-state index in [0.29, 0.717) is 21.5 Å². The summed E-state index contributed by atoms with van der Waals surface area (Å²) in [6.07, 6.45) is 0. The summed E-state index contributed by atoms with van der Waals surface area (Å²) < 4.78 is 5.20. The van der Waals surface area contributed by atoms with E-state index in [0.717, 1.165) is 5.56 Å². The minimum absolute atomic E-state index is 0.0620. The van der Waals surface area contributed by atoms with Gasteiger partial charge in [0.2, 0.25) is 5.91 Å². The number of amidine groups is 1. The fraction of sp³-hybridized carbons (Fsp3) is 0.353. The van der Waals surface area contributed by atoms with Crippen molar-refractivity contribution in [3.8, 4) is 0 Å². The SMILES string of the molecule is CCOC(=O)C1=C(C)N=C2SC(C)C(=O)N2C1c1ccc(Cl)cc1. The second-order valence-corrected chi connectivity index (χ2v) is 7.28. The Kier molecular flexibility index (Phi) is 4.69. The molecule has 1 aromatic rings. The fourth-order valence-corrected chi connectivity index (χ4v) is 3.99. The summed E-state index contributed by atoms with van der Waals surface area (Å²) >= 11 is 7.38. The number of halogens is 1. The van der Waals surface area contributed by atoms with Gasteiger partial charge >= 0.3 is 5.97 Å². The van der Waals surface area contributed by atoms with E-state index in [2.05, 4.69) is 4.99 Å². The summed E-state index contributed by atoms with van der Waals surface area (Å²) in [5.74, 6) is -0.511. The van der Waals surface area contributed by atoms with Gasteiger partial charge in [0.15, 0.2) is 5.17 Å². The van der Waals surface area contributed by atoms with Gasteiger partial charge in [-0.25, -0.2) is 9.79 Å². The summed E-state index contributed by atoms with van der Waals surface area (Å²) in [6.45, 7) is 5.62. The van der Waals surface area contributed by atoms with Gasteiger partial charge in [-0.3, -0.25) is 9.69 Å². The van der Waals surface area contributed by atoms with E-state index in [4.69, 9.17) is 16.3 Å². The third kappa shape index (κ3) is 2.84. The molecule has 126 valence electrons. The molecule has 2 unspecified atom stereocenters. The van der Waals surface area contributed by atoms with Crippen molar-refractivity contribution in [2.45, 2.75) is 32.1 Å². The summed E-state index contributed by atoms with van der Waals surface area (Å²) in [4.78, 5) is 31.2. The Morgan fingerprint density at radius 2 is 2.04 bits per heavy atom. The highest BCUT2D eigenvalue weighted by Gasteiger charge is 2.46. The predicted molar refractivity (Wildman–Crippen MR) is 94.9 cm³/mol. The number of carbonyl (C=O) groups excluding carboxylic acids is 2. The van der Waals surface area contributed by atoms with E-state index in [-0.39, 0.29) is 17.8 Å². The Bertz CT molecular complexity index is 758. The van der Waals surface area contributed by atoms with Gasteiger partial charge in [0.25, 0.3) is 0 Å². The van der Waals surface area contributed by atoms with Crippen LogP contribution in [0.2, 0.25) is 5.02 Å². The number of esters is 1. The molecule has 0 bridgehead atoms. The van der Waals surface area contributed by atoms with Gasteiger partial charge in [-0.2, -0.15) is 0 Å². The molecular formula is C17H17ClN2O3S. The quantitative estimate of drug-likeness (QED) is 0.769. The third-order valence-corrected chi connectivity index (χ3v) is 5.25. The van der Waals surface area contributed by atoms with Crippen LogP contribution in [0.1, 0.15) is 32.4 Å².